The van der Waals surface area contributed by atoms with Crippen LogP contribution in [0.25, 0.3) is 0 Å². The van der Waals surface area contributed by atoms with Gasteiger partial charge in [0, 0.05) is 24.2 Å². The average molecular weight is 280 g/mol. The highest BCUT2D eigenvalue weighted by atomic mass is 19.1. The van der Waals surface area contributed by atoms with Gasteiger partial charge in [-0.1, -0.05) is 5.16 Å². The van der Waals surface area contributed by atoms with Crippen LogP contribution in [0.4, 0.5) is 8.78 Å². The highest BCUT2D eigenvalue weighted by molar-refractivity contribution is 5.24. The number of rotatable bonds is 3. The lowest BCUT2D eigenvalue weighted by atomic mass is 10.0. The van der Waals surface area contributed by atoms with Crippen molar-refractivity contribution in [1.82, 2.24) is 10.1 Å². The van der Waals surface area contributed by atoms with E-state index >= 15 is 0 Å². The third-order valence-corrected chi connectivity index (χ3v) is 3.55. The van der Waals surface area contributed by atoms with Crippen LogP contribution in [-0.4, -0.2) is 27.8 Å². The summed E-state index contributed by atoms with van der Waals surface area (Å²) in [5.41, 5.74) is 0.265. The predicted octanol–water partition coefficient (Wildman–Crippen LogP) is 2.26. The molecule has 2 aromatic rings. The Hall–Kier alpha value is -1.79. The minimum atomic E-state index is -0.564. The largest absolute Gasteiger partial charge is 0.392 e. The van der Waals surface area contributed by atoms with Crippen molar-refractivity contribution in [3.63, 3.8) is 0 Å². The number of likely N-dealkylation sites (tertiary alicyclic amines) is 1. The number of β-amino-alcohol motifs (C(OH)–C–C–N with tert-alkyl or cyclic N) is 1. The fourth-order valence-corrected chi connectivity index (χ4v) is 2.67. The van der Waals surface area contributed by atoms with Crippen LogP contribution in [0.3, 0.4) is 0 Å². The molecule has 1 aromatic heterocycles. The Bertz CT molecular complexity index is 589. The molecule has 1 aliphatic rings. The van der Waals surface area contributed by atoms with E-state index in [1.807, 2.05) is 4.90 Å². The predicted molar refractivity (Wildman–Crippen MR) is 66.6 cm³/mol. The summed E-state index contributed by atoms with van der Waals surface area (Å²) in [5, 5.41) is 13.4. The lowest BCUT2D eigenvalue weighted by Crippen LogP contribution is -2.24. The molecule has 3 rings (SSSR count). The third kappa shape index (κ3) is 2.57. The summed E-state index contributed by atoms with van der Waals surface area (Å²) in [5.74, 6) is -0.323. The number of aliphatic hydroxyl groups excluding tert-OH is 1. The van der Waals surface area contributed by atoms with Crippen LogP contribution < -0.4 is 0 Å². The van der Waals surface area contributed by atoms with E-state index in [4.69, 9.17) is 4.52 Å². The first-order chi connectivity index (χ1) is 9.63. The topological polar surface area (TPSA) is 49.5 Å². The highest BCUT2D eigenvalue weighted by Gasteiger charge is 2.34. The van der Waals surface area contributed by atoms with Gasteiger partial charge in [-0.05, 0) is 24.6 Å². The Kier molecular flexibility index (Phi) is 3.50. The highest BCUT2D eigenvalue weighted by Crippen LogP contribution is 2.35. The molecule has 0 radical (unpaired) electrons. The molecular weight excluding hydrogens is 266 g/mol. The smallest absolute Gasteiger partial charge is 0.150 e. The monoisotopic (exact) mass is 280 g/mol. The third-order valence-electron chi connectivity index (χ3n) is 3.55. The molecule has 1 N–H and O–H groups in total. The second kappa shape index (κ2) is 5.30. The number of aliphatic hydroxyl groups is 1. The molecule has 1 fully saturated rings. The Morgan fingerprint density at radius 1 is 1.35 bits per heavy atom. The zero-order valence-corrected chi connectivity index (χ0v) is 10.7. The molecule has 1 aromatic carbocycles. The molecule has 106 valence electrons. The Balaban J connectivity index is 1.87. The molecule has 0 spiro atoms. The lowest BCUT2D eigenvalue weighted by Gasteiger charge is -2.23. The fourth-order valence-electron chi connectivity index (χ4n) is 2.67. The van der Waals surface area contributed by atoms with E-state index in [9.17, 15) is 13.9 Å². The Morgan fingerprint density at radius 2 is 2.20 bits per heavy atom. The summed E-state index contributed by atoms with van der Waals surface area (Å²) in [6, 6.07) is 4.73. The molecule has 0 bridgehead atoms. The summed E-state index contributed by atoms with van der Waals surface area (Å²) in [7, 11) is 0. The normalized spacial score (nSPS) is 23.4. The molecule has 2 unspecified atom stereocenters. The van der Waals surface area contributed by atoms with Crippen LogP contribution in [0.5, 0.6) is 0 Å². The first-order valence-electron chi connectivity index (χ1n) is 6.40. The second-order valence-electron chi connectivity index (χ2n) is 4.98. The van der Waals surface area contributed by atoms with Crippen molar-refractivity contribution in [2.45, 2.75) is 25.1 Å². The maximum atomic E-state index is 13.9. The zero-order valence-electron chi connectivity index (χ0n) is 10.7. The van der Waals surface area contributed by atoms with Gasteiger partial charge in [0.25, 0.3) is 0 Å². The van der Waals surface area contributed by atoms with Crippen molar-refractivity contribution in [3.05, 3.63) is 53.4 Å². The van der Waals surface area contributed by atoms with Crippen molar-refractivity contribution < 1.29 is 18.4 Å². The van der Waals surface area contributed by atoms with E-state index in [-0.39, 0.29) is 11.6 Å². The molecule has 0 aliphatic carbocycles. The van der Waals surface area contributed by atoms with Crippen LogP contribution in [0, 0.1) is 11.6 Å². The molecule has 2 heterocycles. The number of hydrogen-bond donors (Lipinski definition) is 1. The first-order valence-corrected chi connectivity index (χ1v) is 6.40. The summed E-state index contributed by atoms with van der Waals surface area (Å²) in [6.07, 6.45) is 1.33. The molecule has 20 heavy (non-hydrogen) atoms. The SMILES string of the molecule is OC1CC(c2cc(F)ccc2F)N(Cc2ccno2)C1. The van der Waals surface area contributed by atoms with E-state index in [0.717, 1.165) is 12.1 Å². The number of nitrogens with zero attached hydrogens (tertiary/aromatic N) is 2. The molecule has 1 aliphatic heterocycles. The lowest BCUT2D eigenvalue weighted by molar-refractivity contribution is 0.165. The molecule has 6 heteroatoms. The summed E-state index contributed by atoms with van der Waals surface area (Å²) in [4.78, 5) is 1.86. The van der Waals surface area contributed by atoms with Gasteiger partial charge in [-0.2, -0.15) is 0 Å². The standard InChI is InChI=1S/C14H14F2N2O2/c15-9-1-2-13(16)12(5-9)14-6-10(19)7-18(14)8-11-3-4-17-20-11/h1-5,10,14,19H,6-8H2. The van der Waals surface area contributed by atoms with Gasteiger partial charge in [-0.25, -0.2) is 8.78 Å². The maximum absolute atomic E-state index is 13.9. The number of benzene rings is 1. The summed E-state index contributed by atoms with van der Waals surface area (Å²) >= 11 is 0. The molecule has 4 nitrogen and oxygen atoms in total. The fraction of sp³-hybridized carbons (Fsp3) is 0.357. The summed E-state index contributed by atoms with van der Waals surface area (Å²) < 4.78 is 32.2. The van der Waals surface area contributed by atoms with Crippen molar-refractivity contribution >= 4 is 0 Å². The minimum absolute atomic E-state index is 0.265. The average Bonchev–Trinajstić information content (AvgIpc) is 3.03. The molecule has 1 saturated heterocycles. The second-order valence-corrected chi connectivity index (χ2v) is 4.98. The number of hydrogen-bond acceptors (Lipinski definition) is 4. The van der Waals surface area contributed by atoms with Crippen molar-refractivity contribution in [3.8, 4) is 0 Å². The summed E-state index contributed by atoms with van der Waals surface area (Å²) in [6.45, 7) is 0.791. The quantitative estimate of drug-likeness (QED) is 0.937. The van der Waals surface area contributed by atoms with Gasteiger partial charge in [-0.3, -0.25) is 4.90 Å². The van der Waals surface area contributed by atoms with Crippen LogP contribution in [0.1, 0.15) is 23.8 Å². The van der Waals surface area contributed by atoms with E-state index in [1.165, 1.54) is 12.3 Å². The molecule has 0 saturated carbocycles. The Labute approximate surface area is 114 Å². The van der Waals surface area contributed by atoms with Crippen molar-refractivity contribution in [1.29, 1.82) is 0 Å². The van der Waals surface area contributed by atoms with E-state index in [1.54, 1.807) is 6.07 Å². The van der Waals surface area contributed by atoms with Gasteiger partial charge in [-0.15, -0.1) is 0 Å². The molecular formula is C14H14F2N2O2. The van der Waals surface area contributed by atoms with Gasteiger partial charge in [0.2, 0.25) is 0 Å². The van der Waals surface area contributed by atoms with Crippen LogP contribution in [0.15, 0.2) is 35.0 Å². The number of halogens is 2. The van der Waals surface area contributed by atoms with Gasteiger partial charge < -0.3 is 9.63 Å². The van der Waals surface area contributed by atoms with Crippen LogP contribution >= 0.6 is 0 Å². The Morgan fingerprint density at radius 3 is 2.95 bits per heavy atom. The zero-order chi connectivity index (χ0) is 14.1. The van der Waals surface area contributed by atoms with E-state index < -0.39 is 17.7 Å². The maximum Gasteiger partial charge on any atom is 0.150 e. The van der Waals surface area contributed by atoms with Crippen molar-refractivity contribution in [2.24, 2.45) is 0 Å². The van der Waals surface area contributed by atoms with Gasteiger partial charge >= 0.3 is 0 Å². The molecule has 2 atom stereocenters. The van der Waals surface area contributed by atoms with Crippen LogP contribution in [0.2, 0.25) is 0 Å². The van der Waals surface area contributed by atoms with Gasteiger partial charge in [0.15, 0.2) is 5.76 Å². The van der Waals surface area contributed by atoms with E-state index in [0.29, 0.717) is 25.3 Å². The van der Waals surface area contributed by atoms with Gasteiger partial charge in [0.1, 0.15) is 11.6 Å². The van der Waals surface area contributed by atoms with E-state index in [2.05, 4.69) is 5.16 Å². The van der Waals surface area contributed by atoms with Crippen molar-refractivity contribution in [2.75, 3.05) is 6.54 Å². The first kappa shape index (κ1) is 13.2. The minimum Gasteiger partial charge on any atom is -0.392 e. The van der Waals surface area contributed by atoms with Gasteiger partial charge in [0.05, 0.1) is 18.8 Å². The molecule has 0 amide bonds. The number of aromatic nitrogens is 1. The van der Waals surface area contributed by atoms with Crippen LogP contribution in [-0.2, 0) is 6.54 Å².